The molecule has 1 aliphatic rings. The molecule has 0 aliphatic carbocycles. The Morgan fingerprint density at radius 3 is 2.33 bits per heavy atom. The molecule has 1 aromatic rings. The number of ether oxygens (including phenoxy) is 1. The van der Waals surface area contributed by atoms with E-state index in [-0.39, 0.29) is 12.1 Å². The average molecular weight is 264 g/mol. The monoisotopic (exact) mass is 264 g/mol. The number of halogens is 4. The van der Waals surface area contributed by atoms with Crippen LogP contribution in [0.15, 0.2) is 0 Å². The van der Waals surface area contributed by atoms with Gasteiger partial charge in [0.2, 0.25) is 11.6 Å². The quantitative estimate of drug-likeness (QED) is 0.658. The topological polar surface area (TPSA) is 34.2 Å². The minimum Gasteiger partial charge on any atom is -0.378 e. The number of nitrogens with zero attached hydrogens (tertiary/aromatic N) is 1. The summed E-state index contributed by atoms with van der Waals surface area (Å²) in [6.07, 6.45) is 0.943. The molecule has 0 aromatic carbocycles. The van der Waals surface area contributed by atoms with Crippen molar-refractivity contribution < 1.29 is 22.3 Å². The second-order valence-electron chi connectivity index (χ2n) is 4.24. The third-order valence-corrected chi connectivity index (χ3v) is 2.83. The first-order chi connectivity index (χ1) is 8.49. The van der Waals surface area contributed by atoms with Gasteiger partial charge < -0.3 is 10.1 Å². The highest BCUT2D eigenvalue weighted by atomic mass is 19.2. The van der Waals surface area contributed by atoms with Crippen molar-refractivity contribution in [1.82, 2.24) is 4.98 Å². The van der Waals surface area contributed by atoms with Crippen LogP contribution in [0, 0.1) is 23.5 Å². The predicted octanol–water partition coefficient (Wildman–Crippen LogP) is 2.62. The molecule has 1 aromatic heterocycles. The zero-order chi connectivity index (χ0) is 13.3. The average Bonchev–Trinajstić information content (AvgIpc) is 2.32. The molecule has 2 heterocycles. The number of hydrogen-bond donors (Lipinski definition) is 1. The van der Waals surface area contributed by atoms with Crippen LogP contribution in [0.1, 0.15) is 19.8 Å². The summed E-state index contributed by atoms with van der Waals surface area (Å²) in [6.45, 7) is 2.24. The van der Waals surface area contributed by atoms with Gasteiger partial charge in [-0.05, 0) is 19.8 Å². The summed E-state index contributed by atoms with van der Waals surface area (Å²) >= 11 is 0. The second kappa shape index (κ2) is 5.09. The lowest BCUT2D eigenvalue weighted by Crippen LogP contribution is -2.33. The van der Waals surface area contributed by atoms with Gasteiger partial charge in [0.15, 0.2) is 0 Å². The SMILES string of the molecule is CC1CC(Nc2c(F)c(F)nc(F)c2F)CCO1. The van der Waals surface area contributed by atoms with Crippen LogP contribution in [-0.2, 0) is 4.74 Å². The Hall–Kier alpha value is -1.37. The number of aromatic nitrogens is 1. The molecule has 0 amide bonds. The molecular weight excluding hydrogens is 252 g/mol. The van der Waals surface area contributed by atoms with Crippen molar-refractivity contribution in [3.63, 3.8) is 0 Å². The van der Waals surface area contributed by atoms with Crippen LogP contribution in [0.2, 0.25) is 0 Å². The van der Waals surface area contributed by atoms with E-state index >= 15 is 0 Å². The van der Waals surface area contributed by atoms with Crippen molar-refractivity contribution in [2.75, 3.05) is 11.9 Å². The van der Waals surface area contributed by atoms with Crippen LogP contribution in [0.25, 0.3) is 0 Å². The van der Waals surface area contributed by atoms with Gasteiger partial charge in [0.25, 0.3) is 11.9 Å². The molecule has 7 heteroatoms. The summed E-state index contributed by atoms with van der Waals surface area (Å²) in [4.78, 5) is 2.49. The maximum atomic E-state index is 13.4. The molecule has 1 N–H and O–H groups in total. The summed E-state index contributed by atoms with van der Waals surface area (Å²) in [6, 6.07) is -0.293. The first-order valence-corrected chi connectivity index (χ1v) is 5.57. The van der Waals surface area contributed by atoms with Gasteiger partial charge in [0.1, 0.15) is 5.69 Å². The minimum absolute atomic E-state index is 0.0705. The van der Waals surface area contributed by atoms with E-state index in [1.165, 1.54) is 0 Å². The molecule has 2 unspecified atom stereocenters. The molecule has 0 saturated carbocycles. The van der Waals surface area contributed by atoms with E-state index in [1.807, 2.05) is 6.92 Å². The Morgan fingerprint density at radius 2 is 1.78 bits per heavy atom. The largest absolute Gasteiger partial charge is 0.378 e. The molecule has 100 valence electrons. The smallest absolute Gasteiger partial charge is 0.253 e. The first kappa shape index (κ1) is 13.1. The lowest BCUT2D eigenvalue weighted by Gasteiger charge is -2.28. The Morgan fingerprint density at radius 1 is 1.17 bits per heavy atom. The van der Waals surface area contributed by atoms with Crippen LogP contribution in [0.4, 0.5) is 23.2 Å². The Bertz CT molecular complexity index is 429. The van der Waals surface area contributed by atoms with Crippen LogP contribution in [-0.4, -0.2) is 23.7 Å². The van der Waals surface area contributed by atoms with Crippen LogP contribution in [0.3, 0.4) is 0 Å². The third kappa shape index (κ3) is 2.55. The molecule has 1 aliphatic heterocycles. The van der Waals surface area contributed by atoms with E-state index in [9.17, 15) is 17.6 Å². The standard InChI is InChI=1S/C11H12F4N2O/c1-5-4-6(2-3-18-5)16-9-7(12)10(14)17-11(15)8(9)13/h5-6H,2-4H2,1H3,(H,16,17). The number of pyridine rings is 1. The van der Waals surface area contributed by atoms with Crippen molar-refractivity contribution >= 4 is 5.69 Å². The van der Waals surface area contributed by atoms with E-state index < -0.39 is 29.2 Å². The predicted molar refractivity (Wildman–Crippen MR) is 56.1 cm³/mol. The number of nitrogens with one attached hydrogen (secondary N) is 1. The van der Waals surface area contributed by atoms with E-state index in [1.54, 1.807) is 0 Å². The molecule has 2 atom stereocenters. The van der Waals surface area contributed by atoms with Gasteiger partial charge in [-0.2, -0.15) is 22.5 Å². The fourth-order valence-electron chi connectivity index (χ4n) is 1.95. The number of rotatable bonds is 2. The van der Waals surface area contributed by atoms with E-state index in [0.29, 0.717) is 19.4 Å². The van der Waals surface area contributed by atoms with Crippen molar-refractivity contribution in [2.45, 2.75) is 31.9 Å². The normalized spacial score (nSPS) is 24.1. The molecule has 0 spiro atoms. The summed E-state index contributed by atoms with van der Waals surface area (Å²) in [7, 11) is 0. The van der Waals surface area contributed by atoms with Gasteiger partial charge in [-0.15, -0.1) is 0 Å². The zero-order valence-electron chi connectivity index (χ0n) is 9.64. The molecule has 0 bridgehead atoms. The van der Waals surface area contributed by atoms with Crippen molar-refractivity contribution in [3.05, 3.63) is 23.5 Å². The van der Waals surface area contributed by atoms with Gasteiger partial charge in [-0.1, -0.05) is 0 Å². The lowest BCUT2D eigenvalue weighted by atomic mass is 10.0. The Kier molecular flexibility index (Phi) is 3.70. The van der Waals surface area contributed by atoms with E-state index in [0.717, 1.165) is 0 Å². The molecule has 1 fully saturated rings. The molecule has 3 nitrogen and oxygen atoms in total. The first-order valence-electron chi connectivity index (χ1n) is 5.57. The van der Waals surface area contributed by atoms with Gasteiger partial charge >= 0.3 is 0 Å². The van der Waals surface area contributed by atoms with Crippen molar-refractivity contribution in [2.24, 2.45) is 0 Å². The van der Waals surface area contributed by atoms with Crippen LogP contribution >= 0.6 is 0 Å². The third-order valence-electron chi connectivity index (χ3n) is 2.83. The van der Waals surface area contributed by atoms with Gasteiger partial charge in [0, 0.05) is 12.6 Å². The number of hydrogen-bond acceptors (Lipinski definition) is 3. The van der Waals surface area contributed by atoms with Gasteiger partial charge in [-0.3, -0.25) is 0 Å². The van der Waals surface area contributed by atoms with Gasteiger partial charge in [-0.25, -0.2) is 0 Å². The van der Waals surface area contributed by atoms with Crippen molar-refractivity contribution in [3.8, 4) is 0 Å². The molecule has 0 radical (unpaired) electrons. The molecule has 2 rings (SSSR count). The maximum absolute atomic E-state index is 13.4. The summed E-state index contributed by atoms with van der Waals surface area (Å²) in [5, 5.41) is 2.48. The van der Waals surface area contributed by atoms with Gasteiger partial charge in [0.05, 0.1) is 6.10 Å². The summed E-state index contributed by atoms with van der Waals surface area (Å²) in [5.74, 6) is -6.32. The van der Waals surface area contributed by atoms with E-state index in [4.69, 9.17) is 4.74 Å². The number of anilines is 1. The lowest BCUT2D eigenvalue weighted by molar-refractivity contribution is 0.0231. The van der Waals surface area contributed by atoms with Crippen LogP contribution in [0.5, 0.6) is 0 Å². The highest BCUT2D eigenvalue weighted by Crippen LogP contribution is 2.25. The second-order valence-corrected chi connectivity index (χ2v) is 4.24. The highest BCUT2D eigenvalue weighted by molar-refractivity contribution is 5.46. The molecular formula is C11H12F4N2O. The van der Waals surface area contributed by atoms with Crippen LogP contribution < -0.4 is 5.32 Å². The highest BCUT2D eigenvalue weighted by Gasteiger charge is 2.25. The Balaban J connectivity index is 2.23. The maximum Gasteiger partial charge on any atom is 0.253 e. The molecule has 1 saturated heterocycles. The minimum atomic E-state index is -1.66. The zero-order valence-corrected chi connectivity index (χ0v) is 9.64. The summed E-state index contributed by atoms with van der Waals surface area (Å²) < 4.78 is 57.8. The van der Waals surface area contributed by atoms with E-state index in [2.05, 4.69) is 10.3 Å². The Labute approximate surface area is 101 Å². The fraction of sp³-hybridized carbons (Fsp3) is 0.545. The fourth-order valence-corrected chi connectivity index (χ4v) is 1.95. The molecule has 18 heavy (non-hydrogen) atoms. The summed E-state index contributed by atoms with van der Waals surface area (Å²) in [5.41, 5.74) is -0.806. The van der Waals surface area contributed by atoms with Crippen molar-refractivity contribution in [1.29, 1.82) is 0 Å².